The second-order valence-corrected chi connectivity index (χ2v) is 8.22. The molecule has 0 saturated carbocycles. The Bertz CT molecular complexity index is 512. The minimum atomic E-state index is -0.306. The summed E-state index contributed by atoms with van der Waals surface area (Å²) >= 11 is 0. The second-order valence-electron chi connectivity index (χ2n) is 8.22. The molecule has 1 aromatic rings. The highest BCUT2D eigenvalue weighted by Crippen LogP contribution is 2.20. The number of ether oxygens (including phenoxy) is 2. The van der Waals surface area contributed by atoms with Gasteiger partial charge in [-0.15, -0.1) is 0 Å². The molecule has 0 spiro atoms. The monoisotopic (exact) mass is 404 g/mol. The number of hydrogen-bond donors (Lipinski definition) is 0. The molecule has 0 unspecified atom stereocenters. The third kappa shape index (κ3) is 16.0. The van der Waals surface area contributed by atoms with Gasteiger partial charge < -0.3 is 9.47 Å². The first kappa shape index (κ1) is 25.5. The molecule has 0 aliphatic carbocycles. The van der Waals surface area contributed by atoms with Crippen molar-refractivity contribution in [2.75, 3.05) is 6.61 Å². The summed E-state index contributed by atoms with van der Waals surface area (Å²) in [6, 6.07) is 7.29. The first-order chi connectivity index (χ1) is 14.2. The summed E-state index contributed by atoms with van der Waals surface area (Å²) in [6.07, 6.45) is 22.0. The van der Waals surface area contributed by atoms with Gasteiger partial charge in [0.1, 0.15) is 11.5 Å². The zero-order valence-corrected chi connectivity index (χ0v) is 19.1. The van der Waals surface area contributed by atoms with E-state index in [9.17, 15) is 4.79 Å². The number of rotatable bonds is 19. The van der Waals surface area contributed by atoms with E-state index in [1.54, 1.807) is 12.1 Å². The highest BCUT2D eigenvalue weighted by atomic mass is 16.5. The van der Waals surface area contributed by atoms with Crippen molar-refractivity contribution in [3.63, 3.8) is 0 Å². The van der Waals surface area contributed by atoms with Crippen molar-refractivity contribution in [2.24, 2.45) is 0 Å². The third-order valence-corrected chi connectivity index (χ3v) is 5.33. The first-order valence-electron chi connectivity index (χ1n) is 12.1. The molecule has 29 heavy (non-hydrogen) atoms. The van der Waals surface area contributed by atoms with Crippen molar-refractivity contribution >= 4 is 5.97 Å². The van der Waals surface area contributed by atoms with Gasteiger partial charge >= 0.3 is 5.97 Å². The molecule has 166 valence electrons. The molecule has 0 aliphatic heterocycles. The van der Waals surface area contributed by atoms with E-state index in [4.69, 9.17) is 9.47 Å². The number of unbranched alkanes of at least 4 members (excludes halogenated alkanes) is 15. The Balaban J connectivity index is 1.83. The van der Waals surface area contributed by atoms with Crippen LogP contribution in [-0.2, 0) is 4.79 Å². The molecule has 0 radical (unpaired) electrons. The van der Waals surface area contributed by atoms with Crippen molar-refractivity contribution in [1.82, 2.24) is 0 Å². The minimum absolute atomic E-state index is 0.306. The largest absolute Gasteiger partial charge is 0.493 e. The summed E-state index contributed by atoms with van der Waals surface area (Å²) in [5.41, 5.74) is 0. The van der Waals surface area contributed by atoms with Crippen molar-refractivity contribution in [2.45, 2.75) is 117 Å². The maximum Gasteiger partial charge on any atom is 0.308 e. The van der Waals surface area contributed by atoms with Gasteiger partial charge in [-0.3, -0.25) is 4.79 Å². The maximum atomic E-state index is 11.0. The van der Waals surface area contributed by atoms with Crippen LogP contribution < -0.4 is 9.47 Å². The minimum Gasteiger partial charge on any atom is -0.493 e. The fraction of sp³-hybridized carbons (Fsp3) is 0.731. The Hall–Kier alpha value is -1.51. The number of benzene rings is 1. The smallest absolute Gasteiger partial charge is 0.308 e. The van der Waals surface area contributed by atoms with Gasteiger partial charge in [-0.2, -0.15) is 0 Å². The predicted molar refractivity (Wildman–Crippen MR) is 123 cm³/mol. The predicted octanol–water partition coefficient (Wildman–Crippen LogP) is 8.25. The van der Waals surface area contributed by atoms with Crippen LogP contribution in [0.1, 0.15) is 117 Å². The Morgan fingerprint density at radius 1 is 0.690 bits per heavy atom. The van der Waals surface area contributed by atoms with Crippen LogP contribution in [-0.4, -0.2) is 12.6 Å². The van der Waals surface area contributed by atoms with Crippen LogP contribution in [0.4, 0.5) is 0 Å². The van der Waals surface area contributed by atoms with E-state index in [2.05, 4.69) is 6.92 Å². The fourth-order valence-electron chi connectivity index (χ4n) is 3.63. The topological polar surface area (TPSA) is 35.5 Å². The highest BCUT2D eigenvalue weighted by Gasteiger charge is 2.01. The Morgan fingerprint density at radius 2 is 1.14 bits per heavy atom. The molecule has 0 saturated heterocycles. The summed E-state index contributed by atoms with van der Waals surface area (Å²) < 4.78 is 10.8. The van der Waals surface area contributed by atoms with E-state index in [0.29, 0.717) is 5.75 Å². The summed E-state index contributed by atoms with van der Waals surface area (Å²) in [5.74, 6) is 1.01. The van der Waals surface area contributed by atoms with Crippen LogP contribution in [0, 0.1) is 0 Å². The Morgan fingerprint density at radius 3 is 1.62 bits per heavy atom. The maximum absolute atomic E-state index is 11.0. The molecular weight excluding hydrogens is 360 g/mol. The van der Waals surface area contributed by atoms with Gasteiger partial charge in [-0.05, 0) is 18.6 Å². The average Bonchev–Trinajstić information content (AvgIpc) is 2.70. The van der Waals surface area contributed by atoms with Crippen LogP contribution >= 0.6 is 0 Å². The Labute approximate surface area is 179 Å². The summed E-state index contributed by atoms with van der Waals surface area (Å²) in [5, 5.41) is 0. The lowest BCUT2D eigenvalue weighted by atomic mass is 10.0. The van der Waals surface area contributed by atoms with Crippen molar-refractivity contribution in [3.05, 3.63) is 24.3 Å². The number of carbonyl (C=O) groups excluding carboxylic acids is 1. The quantitative estimate of drug-likeness (QED) is 0.132. The molecule has 0 atom stereocenters. The van der Waals surface area contributed by atoms with Gasteiger partial charge in [-0.1, -0.05) is 109 Å². The van der Waals surface area contributed by atoms with E-state index in [1.165, 1.54) is 103 Å². The molecule has 0 heterocycles. The fourth-order valence-corrected chi connectivity index (χ4v) is 3.63. The molecule has 0 aromatic heterocycles. The lowest BCUT2D eigenvalue weighted by Gasteiger charge is -2.08. The molecule has 3 nitrogen and oxygen atoms in total. The first-order valence-corrected chi connectivity index (χ1v) is 12.1. The van der Waals surface area contributed by atoms with Gasteiger partial charge in [0, 0.05) is 13.0 Å². The van der Waals surface area contributed by atoms with Crippen LogP contribution in [0.15, 0.2) is 24.3 Å². The van der Waals surface area contributed by atoms with E-state index in [-0.39, 0.29) is 5.97 Å². The van der Waals surface area contributed by atoms with Crippen LogP contribution in [0.2, 0.25) is 0 Å². The van der Waals surface area contributed by atoms with Crippen LogP contribution in [0.5, 0.6) is 11.5 Å². The normalized spacial score (nSPS) is 10.8. The molecule has 1 aromatic carbocycles. The van der Waals surface area contributed by atoms with Crippen LogP contribution in [0.25, 0.3) is 0 Å². The lowest BCUT2D eigenvalue weighted by molar-refractivity contribution is -0.131. The van der Waals surface area contributed by atoms with E-state index >= 15 is 0 Å². The molecule has 1 rings (SSSR count). The molecule has 3 heteroatoms. The number of esters is 1. The zero-order valence-electron chi connectivity index (χ0n) is 19.1. The zero-order chi connectivity index (χ0) is 21.0. The highest BCUT2D eigenvalue weighted by molar-refractivity contribution is 5.69. The lowest BCUT2D eigenvalue weighted by Crippen LogP contribution is -2.02. The van der Waals surface area contributed by atoms with E-state index in [0.717, 1.165) is 18.8 Å². The van der Waals surface area contributed by atoms with Crippen LogP contribution in [0.3, 0.4) is 0 Å². The van der Waals surface area contributed by atoms with Crippen molar-refractivity contribution < 1.29 is 14.3 Å². The third-order valence-electron chi connectivity index (χ3n) is 5.33. The van der Waals surface area contributed by atoms with Crippen molar-refractivity contribution in [1.29, 1.82) is 0 Å². The van der Waals surface area contributed by atoms with Gasteiger partial charge in [-0.25, -0.2) is 0 Å². The van der Waals surface area contributed by atoms with E-state index in [1.807, 2.05) is 12.1 Å². The molecule has 0 aliphatic rings. The van der Waals surface area contributed by atoms with Gasteiger partial charge in [0.2, 0.25) is 0 Å². The number of carbonyl (C=O) groups is 1. The standard InChI is InChI=1S/C26H44O3/c1-3-4-5-6-7-8-9-10-11-12-13-14-15-16-17-18-22-28-25-20-19-21-26(23-25)29-24(2)27/h19-21,23H,3-18,22H2,1-2H3. The molecule has 0 bridgehead atoms. The molecule has 0 N–H and O–H groups in total. The van der Waals surface area contributed by atoms with Crippen molar-refractivity contribution in [3.8, 4) is 11.5 Å². The molecule has 0 fully saturated rings. The number of hydrogen-bond acceptors (Lipinski definition) is 3. The van der Waals surface area contributed by atoms with E-state index < -0.39 is 0 Å². The Kier molecular flexibility index (Phi) is 16.3. The SMILES string of the molecule is CCCCCCCCCCCCCCCCCCOc1cccc(OC(C)=O)c1. The molecular formula is C26H44O3. The summed E-state index contributed by atoms with van der Waals surface area (Å²) in [7, 11) is 0. The van der Waals surface area contributed by atoms with Gasteiger partial charge in [0.15, 0.2) is 0 Å². The second kappa shape index (κ2) is 18.5. The molecule has 0 amide bonds. The summed E-state index contributed by atoms with van der Waals surface area (Å²) in [6.45, 7) is 4.41. The van der Waals surface area contributed by atoms with Gasteiger partial charge in [0.25, 0.3) is 0 Å². The van der Waals surface area contributed by atoms with Gasteiger partial charge in [0.05, 0.1) is 6.61 Å². The average molecular weight is 405 g/mol. The summed E-state index contributed by atoms with van der Waals surface area (Å²) in [4.78, 5) is 11.0.